The van der Waals surface area contributed by atoms with Gasteiger partial charge >= 0.3 is 0 Å². The lowest BCUT2D eigenvalue weighted by Gasteiger charge is -2.51. The Labute approximate surface area is 208 Å². The Morgan fingerprint density at radius 1 is 0.971 bits per heavy atom. The molecule has 1 saturated heterocycles. The van der Waals surface area contributed by atoms with Gasteiger partial charge in [0.15, 0.2) is 0 Å². The molecule has 3 aromatic rings. The van der Waals surface area contributed by atoms with Crippen LogP contribution < -0.4 is 5.32 Å². The number of hydrogen-bond acceptors (Lipinski definition) is 5. The summed E-state index contributed by atoms with van der Waals surface area (Å²) in [5.74, 6) is -2.98. The highest BCUT2D eigenvalue weighted by molar-refractivity contribution is 9.09. The molecule has 9 heteroatoms. The molecule has 2 bridgehead atoms. The molecule has 8 nitrogen and oxygen atoms in total. The summed E-state index contributed by atoms with van der Waals surface area (Å²) < 4.78 is -0.877. The zero-order valence-electron chi connectivity index (χ0n) is 18.2. The molecule has 1 aliphatic heterocycles. The molecule has 0 spiro atoms. The zero-order valence-corrected chi connectivity index (χ0v) is 19.8. The van der Waals surface area contributed by atoms with Crippen molar-refractivity contribution in [3.63, 3.8) is 0 Å². The summed E-state index contributed by atoms with van der Waals surface area (Å²) in [7, 11) is 0. The number of anilines is 1. The number of alkyl halides is 1. The van der Waals surface area contributed by atoms with E-state index >= 15 is 0 Å². The quantitative estimate of drug-likeness (QED) is 0.237. The highest BCUT2D eigenvalue weighted by Gasteiger charge is 2.67. The fraction of sp³-hybridized carbons (Fsp3) is 0.192. The van der Waals surface area contributed by atoms with Crippen molar-refractivity contribution >= 4 is 45.0 Å². The molecule has 7 rings (SSSR count). The van der Waals surface area contributed by atoms with Crippen LogP contribution in [0.2, 0.25) is 0 Å². The second-order valence-corrected chi connectivity index (χ2v) is 10.2. The molecular formula is C26H18BrN3O5. The van der Waals surface area contributed by atoms with Crippen LogP contribution in [0.25, 0.3) is 0 Å². The Balaban J connectivity index is 1.35. The second-order valence-electron chi connectivity index (χ2n) is 8.99. The van der Waals surface area contributed by atoms with Crippen LogP contribution in [0.15, 0.2) is 72.8 Å². The maximum Gasteiger partial charge on any atom is 0.271 e. The molecule has 4 aliphatic rings. The molecule has 0 unspecified atom stereocenters. The first-order valence-corrected chi connectivity index (χ1v) is 11.9. The van der Waals surface area contributed by atoms with Gasteiger partial charge in [-0.15, -0.1) is 0 Å². The number of nitro groups is 1. The number of carbonyl (C=O) groups excluding carboxylic acids is 3. The van der Waals surface area contributed by atoms with Crippen molar-refractivity contribution < 1.29 is 19.3 Å². The number of carbonyl (C=O) groups is 3. The maximum atomic E-state index is 13.7. The third kappa shape index (κ3) is 2.94. The van der Waals surface area contributed by atoms with Crippen molar-refractivity contribution in [2.75, 3.05) is 11.9 Å². The van der Waals surface area contributed by atoms with Crippen LogP contribution in [-0.4, -0.2) is 34.1 Å². The van der Waals surface area contributed by atoms with Gasteiger partial charge in [-0.05, 0) is 28.3 Å². The second kappa shape index (κ2) is 7.58. The van der Waals surface area contributed by atoms with Crippen LogP contribution in [0.5, 0.6) is 0 Å². The zero-order chi connectivity index (χ0) is 24.5. The van der Waals surface area contributed by atoms with Crippen LogP contribution in [-0.2, 0) is 18.7 Å². The largest absolute Gasteiger partial charge is 0.324 e. The Morgan fingerprint density at radius 2 is 1.60 bits per heavy atom. The lowest BCUT2D eigenvalue weighted by molar-refractivity contribution is -0.384. The van der Waals surface area contributed by atoms with E-state index in [1.807, 2.05) is 48.5 Å². The van der Waals surface area contributed by atoms with Crippen LogP contribution >= 0.6 is 15.9 Å². The standard InChI is InChI=1S/C26H18BrN3O5/c27-26-18-10-3-1-8-16(18)21(17-9-2-4-11-19(17)26)22-23(26)25(33)29(24(22)32)13-20(31)28-14-6-5-7-15(12-14)30(34)35/h1-12,21-23H,13H2,(H,28,31)/t21?,22-,23-,26?/m0/s1. The number of imide groups is 1. The van der Waals surface area contributed by atoms with Crippen molar-refractivity contribution in [1.82, 2.24) is 4.90 Å². The SMILES string of the molecule is O=C(CN1C(=O)[C@@H]2[C@@H](C1=O)C1c3ccccc3C2(Br)c2ccccc21)Nc1cccc([N+](=O)[O-])c1. The van der Waals surface area contributed by atoms with Gasteiger partial charge in [-0.1, -0.05) is 70.5 Å². The van der Waals surface area contributed by atoms with E-state index in [1.165, 1.54) is 24.3 Å². The van der Waals surface area contributed by atoms with Gasteiger partial charge < -0.3 is 5.32 Å². The summed E-state index contributed by atoms with van der Waals surface area (Å²) in [6, 6.07) is 21.2. The topological polar surface area (TPSA) is 110 Å². The maximum absolute atomic E-state index is 13.7. The van der Waals surface area contributed by atoms with E-state index in [1.54, 1.807) is 0 Å². The average molecular weight is 532 g/mol. The van der Waals surface area contributed by atoms with Crippen molar-refractivity contribution in [3.05, 3.63) is 105 Å². The molecule has 174 valence electrons. The van der Waals surface area contributed by atoms with Gasteiger partial charge in [0.05, 0.1) is 21.1 Å². The minimum atomic E-state index is -0.877. The van der Waals surface area contributed by atoms with E-state index in [0.717, 1.165) is 27.2 Å². The lowest BCUT2D eigenvalue weighted by atomic mass is 9.55. The first kappa shape index (κ1) is 21.7. The first-order chi connectivity index (χ1) is 16.8. The number of nitrogens with one attached hydrogen (secondary N) is 1. The molecule has 1 heterocycles. The molecular weight excluding hydrogens is 514 g/mol. The van der Waals surface area contributed by atoms with Crippen molar-refractivity contribution in [1.29, 1.82) is 0 Å². The molecule has 0 aromatic heterocycles. The third-order valence-corrected chi connectivity index (χ3v) is 8.60. The monoisotopic (exact) mass is 531 g/mol. The Kier molecular flexibility index (Phi) is 4.69. The van der Waals surface area contributed by atoms with Gasteiger partial charge in [-0.25, -0.2) is 0 Å². The summed E-state index contributed by atoms with van der Waals surface area (Å²) >= 11 is 3.91. The van der Waals surface area contributed by atoms with Gasteiger partial charge in [-0.3, -0.25) is 29.4 Å². The molecule has 35 heavy (non-hydrogen) atoms. The summed E-state index contributed by atoms with van der Waals surface area (Å²) in [5.41, 5.74) is 4.00. The highest BCUT2D eigenvalue weighted by atomic mass is 79.9. The van der Waals surface area contributed by atoms with E-state index in [4.69, 9.17) is 0 Å². The number of nitrogens with zero attached hydrogens (tertiary/aromatic N) is 2. The molecule has 1 fully saturated rings. The number of amides is 3. The van der Waals surface area contributed by atoms with Gasteiger partial charge in [0, 0.05) is 23.7 Å². The predicted octanol–water partition coefficient (Wildman–Crippen LogP) is 3.93. The number of likely N-dealkylation sites (tertiary alicyclic amines) is 1. The van der Waals surface area contributed by atoms with Crippen LogP contribution in [0.4, 0.5) is 11.4 Å². The Morgan fingerprint density at radius 3 is 2.23 bits per heavy atom. The smallest absolute Gasteiger partial charge is 0.271 e. The van der Waals surface area contributed by atoms with E-state index in [9.17, 15) is 24.5 Å². The van der Waals surface area contributed by atoms with E-state index < -0.39 is 39.4 Å². The fourth-order valence-electron chi connectivity index (χ4n) is 5.94. The number of rotatable bonds is 4. The predicted molar refractivity (Wildman–Crippen MR) is 130 cm³/mol. The van der Waals surface area contributed by atoms with Gasteiger partial charge in [0.2, 0.25) is 17.7 Å². The van der Waals surface area contributed by atoms with Crippen LogP contribution in [0.1, 0.15) is 28.2 Å². The van der Waals surface area contributed by atoms with Crippen molar-refractivity contribution in [3.8, 4) is 0 Å². The Bertz CT molecular complexity index is 1410. The minimum absolute atomic E-state index is 0.171. The molecule has 0 radical (unpaired) electrons. The molecule has 2 atom stereocenters. The summed E-state index contributed by atoms with van der Waals surface area (Å²) in [4.78, 5) is 51.6. The summed E-state index contributed by atoms with van der Waals surface area (Å²) in [5, 5.41) is 13.6. The van der Waals surface area contributed by atoms with E-state index in [-0.39, 0.29) is 23.2 Å². The third-order valence-electron chi connectivity index (χ3n) is 7.25. The first-order valence-electron chi connectivity index (χ1n) is 11.1. The molecule has 1 N–H and O–H groups in total. The van der Waals surface area contributed by atoms with Gasteiger partial charge in [-0.2, -0.15) is 0 Å². The molecule has 3 aliphatic carbocycles. The van der Waals surface area contributed by atoms with Crippen LogP contribution in [0.3, 0.4) is 0 Å². The number of hydrogen-bond donors (Lipinski definition) is 1. The molecule has 3 aromatic carbocycles. The number of nitro benzene ring substituents is 1. The van der Waals surface area contributed by atoms with Crippen molar-refractivity contribution in [2.24, 2.45) is 11.8 Å². The summed E-state index contributed by atoms with van der Waals surface area (Å²) in [6.45, 7) is -0.462. The molecule has 3 amide bonds. The van der Waals surface area contributed by atoms with Crippen molar-refractivity contribution in [2.45, 2.75) is 10.2 Å². The fourth-order valence-corrected chi connectivity index (χ4v) is 7.14. The van der Waals surface area contributed by atoms with Gasteiger partial charge in [0.25, 0.3) is 5.69 Å². The lowest BCUT2D eigenvalue weighted by Crippen LogP contribution is -2.50. The number of halogens is 1. The Hall–Kier alpha value is -3.85. The summed E-state index contributed by atoms with van der Waals surface area (Å²) in [6.07, 6.45) is 0. The van der Waals surface area contributed by atoms with Gasteiger partial charge in [0.1, 0.15) is 6.54 Å². The van der Waals surface area contributed by atoms with Crippen LogP contribution in [0, 0.1) is 22.0 Å². The average Bonchev–Trinajstić information content (AvgIpc) is 3.10. The molecule has 0 saturated carbocycles. The number of non-ortho nitro benzene ring substituents is 1. The highest BCUT2D eigenvalue weighted by Crippen LogP contribution is 2.66. The normalized spacial score (nSPS) is 25.6. The minimum Gasteiger partial charge on any atom is -0.324 e. The van der Waals surface area contributed by atoms with E-state index in [2.05, 4.69) is 21.2 Å². The number of benzene rings is 3. The van der Waals surface area contributed by atoms with E-state index in [0.29, 0.717) is 0 Å².